The molecule has 3 aromatic carbocycles. The topological polar surface area (TPSA) is 96.3 Å². The molecule has 1 aromatic heterocycles. The number of nitrogens with zero attached hydrogens (tertiary/aromatic N) is 2. The molecule has 1 saturated carbocycles. The number of amides is 2. The number of halogens is 4. The SMILES string of the molecule is O=C(Nc1ccc(-c2cc(C3CCCC3)n(C(=O)NCc3cccc(F)c3)n2)c(O)c1)c1cccc(C(F)(F)F)c1. The van der Waals surface area contributed by atoms with Crippen molar-refractivity contribution in [2.45, 2.75) is 44.3 Å². The number of phenols is 1. The highest BCUT2D eigenvalue weighted by molar-refractivity contribution is 6.04. The van der Waals surface area contributed by atoms with Gasteiger partial charge in [-0.25, -0.2) is 9.18 Å². The Morgan fingerprint density at radius 3 is 2.44 bits per heavy atom. The average molecular weight is 567 g/mol. The van der Waals surface area contributed by atoms with Gasteiger partial charge in [-0.2, -0.15) is 23.0 Å². The van der Waals surface area contributed by atoms with Crippen LogP contribution < -0.4 is 10.6 Å². The van der Waals surface area contributed by atoms with E-state index in [-0.39, 0.29) is 29.5 Å². The van der Waals surface area contributed by atoms with Crippen LogP contribution in [0.4, 0.5) is 28.0 Å². The largest absolute Gasteiger partial charge is 0.507 e. The van der Waals surface area contributed by atoms with E-state index in [2.05, 4.69) is 15.7 Å². The minimum absolute atomic E-state index is 0.0986. The van der Waals surface area contributed by atoms with Crippen molar-refractivity contribution in [1.82, 2.24) is 15.1 Å². The van der Waals surface area contributed by atoms with Gasteiger partial charge in [-0.15, -0.1) is 0 Å². The predicted octanol–water partition coefficient (Wildman–Crippen LogP) is 7.08. The standard InChI is InChI=1S/C30H26F4N4O3/c31-22-10-3-5-18(13-22)17-35-29(41)38-26(19-6-1-2-7-19)16-25(37-38)24-12-11-23(15-27(24)39)36-28(40)20-8-4-9-21(14-20)30(32,33)34/h3-5,8-16,19,39H,1-2,6-7,17H2,(H,35,41)(H,36,40). The molecule has 41 heavy (non-hydrogen) atoms. The van der Waals surface area contributed by atoms with Crippen LogP contribution in [0.15, 0.2) is 72.8 Å². The Hall–Kier alpha value is -4.67. The fourth-order valence-electron chi connectivity index (χ4n) is 4.97. The van der Waals surface area contributed by atoms with Gasteiger partial charge in [0.1, 0.15) is 11.6 Å². The van der Waals surface area contributed by atoms with Gasteiger partial charge in [0.05, 0.1) is 17.0 Å². The zero-order valence-corrected chi connectivity index (χ0v) is 21.7. The number of hydrogen-bond donors (Lipinski definition) is 3. The van der Waals surface area contributed by atoms with Crippen molar-refractivity contribution in [2.75, 3.05) is 5.32 Å². The maximum absolute atomic E-state index is 13.5. The Morgan fingerprint density at radius 1 is 0.976 bits per heavy atom. The Bertz CT molecular complexity index is 1590. The molecule has 0 saturated heterocycles. The zero-order valence-electron chi connectivity index (χ0n) is 21.7. The molecule has 1 fully saturated rings. The van der Waals surface area contributed by atoms with Crippen LogP contribution in [-0.2, 0) is 12.7 Å². The fraction of sp³-hybridized carbons (Fsp3) is 0.233. The molecule has 2 amide bonds. The molecule has 7 nitrogen and oxygen atoms in total. The van der Waals surface area contributed by atoms with Crippen LogP contribution >= 0.6 is 0 Å². The lowest BCUT2D eigenvalue weighted by Crippen LogP contribution is -2.30. The van der Waals surface area contributed by atoms with E-state index in [1.54, 1.807) is 18.2 Å². The van der Waals surface area contributed by atoms with E-state index in [4.69, 9.17) is 0 Å². The lowest BCUT2D eigenvalue weighted by atomic mass is 10.0. The summed E-state index contributed by atoms with van der Waals surface area (Å²) in [6.45, 7) is 0.0986. The second-order valence-electron chi connectivity index (χ2n) is 9.90. The van der Waals surface area contributed by atoms with Crippen LogP contribution in [0.3, 0.4) is 0 Å². The number of aromatic hydroxyl groups is 1. The monoisotopic (exact) mass is 566 g/mol. The lowest BCUT2D eigenvalue weighted by molar-refractivity contribution is -0.137. The number of carbonyl (C=O) groups excluding carboxylic acids is 2. The van der Waals surface area contributed by atoms with E-state index in [0.29, 0.717) is 22.5 Å². The molecule has 1 heterocycles. The van der Waals surface area contributed by atoms with Gasteiger partial charge < -0.3 is 15.7 Å². The summed E-state index contributed by atoms with van der Waals surface area (Å²) in [5, 5.41) is 20.5. The van der Waals surface area contributed by atoms with Crippen molar-refractivity contribution in [3.63, 3.8) is 0 Å². The van der Waals surface area contributed by atoms with Crippen LogP contribution in [0.5, 0.6) is 5.75 Å². The zero-order chi connectivity index (χ0) is 29.1. The fourth-order valence-corrected chi connectivity index (χ4v) is 4.97. The van der Waals surface area contributed by atoms with Crippen LogP contribution in [0.2, 0.25) is 0 Å². The van der Waals surface area contributed by atoms with E-state index in [1.165, 1.54) is 41.1 Å². The van der Waals surface area contributed by atoms with Crippen molar-refractivity contribution in [2.24, 2.45) is 0 Å². The highest BCUT2D eigenvalue weighted by Gasteiger charge is 2.31. The van der Waals surface area contributed by atoms with Gasteiger partial charge in [-0.05, 0) is 66.9 Å². The lowest BCUT2D eigenvalue weighted by Gasteiger charge is -2.12. The third-order valence-corrected chi connectivity index (χ3v) is 7.02. The summed E-state index contributed by atoms with van der Waals surface area (Å²) in [5.74, 6) is -1.32. The molecule has 4 aromatic rings. The first-order chi connectivity index (χ1) is 19.6. The Balaban J connectivity index is 1.36. The first-order valence-corrected chi connectivity index (χ1v) is 13.0. The summed E-state index contributed by atoms with van der Waals surface area (Å²) in [4.78, 5) is 25.7. The van der Waals surface area contributed by atoms with Crippen LogP contribution in [0, 0.1) is 5.82 Å². The number of benzene rings is 3. The van der Waals surface area contributed by atoms with Gasteiger partial charge in [0.25, 0.3) is 5.91 Å². The molecule has 3 N–H and O–H groups in total. The molecule has 212 valence electrons. The van der Waals surface area contributed by atoms with Gasteiger partial charge >= 0.3 is 12.2 Å². The van der Waals surface area contributed by atoms with Gasteiger partial charge in [0.15, 0.2) is 0 Å². The summed E-state index contributed by atoms with van der Waals surface area (Å²) in [5.41, 5.74) is 0.949. The minimum Gasteiger partial charge on any atom is -0.507 e. The Morgan fingerprint density at radius 2 is 1.73 bits per heavy atom. The maximum atomic E-state index is 13.5. The molecule has 0 aliphatic heterocycles. The molecule has 1 aliphatic rings. The average Bonchev–Trinajstić information content (AvgIpc) is 3.62. The number of rotatable bonds is 6. The molecular formula is C30H26F4N4O3. The predicted molar refractivity (Wildman–Crippen MR) is 144 cm³/mol. The van der Waals surface area contributed by atoms with Crippen molar-refractivity contribution >= 4 is 17.6 Å². The van der Waals surface area contributed by atoms with Crippen molar-refractivity contribution in [3.8, 4) is 17.0 Å². The molecular weight excluding hydrogens is 540 g/mol. The van der Waals surface area contributed by atoms with Crippen molar-refractivity contribution < 1.29 is 32.3 Å². The molecule has 11 heteroatoms. The van der Waals surface area contributed by atoms with Gasteiger partial charge in [0.2, 0.25) is 0 Å². The Kier molecular flexibility index (Phi) is 7.78. The number of anilines is 1. The molecule has 0 radical (unpaired) electrons. The number of phenolic OH excluding ortho intramolecular Hbond substituents is 1. The second kappa shape index (κ2) is 11.4. The molecule has 0 unspecified atom stereocenters. The summed E-state index contributed by atoms with van der Waals surface area (Å²) in [6, 6.07) is 15.4. The smallest absolute Gasteiger partial charge is 0.416 e. The van der Waals surface area contributed by atoms with E-state index in [0.717, 1.165) is 43.9 Å². The number of alkyl halides is 3. The molecule has 1 aliphatic carbocycles. The van der Waals surface area contributed by atoms with Crippen LogP contribution in [0.25, 0.3) is 11.3 Å². The van der Waals surface area contributed by atoms with Crippen molar-refractivity contribution in [3.05, 3.63) is 101 Å². The third-order valence-electron chi connectivity index (χ3n) is 7.02. The molecule has 5 rings (SSSR count). The number of aromatic nitrogens is 2. The third kappa shape index (κ3) is 6.40. The van der Waals surface area contributed by atoms with E-state index >= 15 is 0 Å². The number of hydrogen-bond acceptors (Lipinski definition) is 4. The molecule has 0 atom stereocenters. The van der Waals surface area contributed by atoms with E-state index in [1.807, 2.05) is 0 Å². The highest BCUT2D eigenvalue weighted by Crippen LogP contribution is 2.38. The van der Waals surface area contributed by atoms with Gasteiger partial charge in [-0.3, -0.25) is 4.79 Å². The molecule has 0 spiro atoms. The summed E-state index contributed by atoms with van der Waals surface area (Å²) in [6.07, 6.45) is -0.792. The van der Waals surface area contributed by atoms with Crippen LogP contribution in [-0.4, -0.2) is 26.8 Å². The first kappa shape index (κ1) is 27.9. The first-order valence-electron chi connectivity index (χ1n) is 13.0. The van der Waals surface area contributed by atoms with E-state index in [9.17, 15) is 32.3 Å². The molecule has 0 bridgehead atoms. The second-order valence-corrected chi connectivity index (χ2v) is 9.90. The maximum Gasteiger partial charge on any atom is 0.416 e. The normalized spacial score (nSPS) is 13.8. The van der Waals surface area contributed by atoms with E-state index < -0.39 is 29.5 Å². The summed E-state index contributed by atoms with van der Waals surface area (Å²) < 4.78 is 53.9. The minimum atomic E-state index is -4.59. The highest BCUT2D eigenvalue weighted by atomic mass is 19.4. The summed E-state index contributed by atoms with van der Waals surface area (Å²) in [7, 11) is 0. The number of nitrogens with one attached hydrogen (secondary N) is 2. The van der Waals surface area contributed by atoms with Crippen LogP contribution in [0.1, 0.15) is 58.8 Å². The van der Waals surface area contributed by atoms with Crippen molar-refractivity contribution in [1.29, 1.82) is 0 Å². The van der Waals surface area contributed by atoms with Gasteiger partial charge in [0, 0.05) is 35.3 Å². The number of carbonyl (C=O) groups is 2. The van der Waals surface area contributed by atoms with Gasteiger partial charge in [-0.1, -0.05) is 31.0 Å². The quantitative estimate of drug-likeness (QED) is 0.217. The Labute approximate surface area is 232 Å². The summed E-state index contributed by atoms with van der Waals surface area (Å²) >= 11 is 0.